The summed E-state index contributed by atoms with van der Waals surface area (Å²) in [7, 11) is 0. The van der Waals surface area contributed by atoms with Gasteiger partial charge in [0, 0.05) is 42.9 Å². The predicted octanol–water partition coefficient (Wildman–Crippen LogP) is 4.58. The van der Waals surface area contributed by atoms with E-state index >= 15 is 0 Å². The standard InChI is InChI=1S/C22H28FN3O2S/c1-14(2)11-20(27)26-8-5-15(6-9-26)13-24-22-25-21-17-12-16(23)3-4-18(17)28-10-7-19(21)29-22/h3-4,12,14-15H,5-11,13H2,1-2H3,(H,24,25). The average molecular weight is 418 g/mol. The normalized spacial score (nSPS) is 16.8. The number of thiazole rings is 1. The highest BCUT2D eigenvalue weighted by atomic mass is 32.1. The molecule has 2 aromatic rings. The van der Waals surface area contributed by atoms with Crippen molar-refractivity contribution in [3.8, 4) is 17.0 Å². The van der Waals surface area contributed by atoms with Crippen molar-refractivity contribution in [2.75, 3.05) is 31.6 Å². The molecule has 1 aromatic carbocycles. The fraction of sp³-hybridized carbons (Fsp3) is 0.545. The molecule has 0 spiro atoms. The first kappa shape index (κ1) is 20.1. The van der Waals surface area contributed by atoms with Gasteiger partial charge in [0.2, 0.25) is 5.91 Å². The van der Waals surface area contributed by atoms with E-state index in [0.29, 0.717) is 30.6 Å². The van der Waals surface area contributed by atoms with Crippen LogP contribution in [0.2, 0.25) is 0 Å². The third-order valence-corrected chi connectivity index (χ3v) is 6.65. The van der Waals surface area contributed by atoms with Gasteiger partial charge in [-0.3, -0.25) is 4.79 Å². The molecule has 4 rings (SSSR count). The van der Waals surface area contributed by atoms with Crippen molar-refractivity contribution in [3.05, 3.63) is 28.9 Å². The molecule has 1 aromatic heterocycles. The summed E-state index contributed by atoms with van der Waals surface area (Å²) in [6, 6.07) is 4.61. The molecule has 0 bridgehead atoms. The van der Waals surface area contributed by atoms with Crippen molar-refractivity contribution in [1.82, 2.24) is 9.88 Å². The van der Waals surface area contributed by atoms with Crippen LogP contribution in [0.25, 0.3) is 11.3 Å². The number of halogens is 1. The molecule has 0 saturated carbocycles. The van der Waals surface area contributed by atoms with Gasteiger partial charge in [-0.05, 0) is 42.9 Å². The lowest BCUT2D eigenvalue weighted by Gasteiger charge is -2.32. The molecular formula is C22H28FN3O2S. The molecular weight excluding hydrogens is 389 g/mol. The van der Waals surface area contributed by atoms with Crippen LogP contribution >= 0.6 is 11.3 Å². The van der Waals surface area contributed by atoms with Gasteiger partial charge >= 0.3 is 0 Å². The largest absolute Gasteiger partial charge is 0.493 e. The fourth-order valence-corrected chi connectivity index (χ4v) is 4.93. The second kappa shape index (κ2) is 8.69. The minimum atomic E-state index is -0.276. The summed E-state index contributed by atoms with van der Waals surface area (Å²) in [5.41, 5.74) is 1.57. The van der Waals surface area contributed by atoms with Gasteiger partial charge in [-0.1, -0.05) is 13.8 Å². The predicted molar refractivity (Wildman–Crippen MR) is 114 cm³/mol. The summed E-state index contributed by atoms with van der Waals surface area (Å²) >= 11 is 1.63. The first-order valence-electron chi connectivity index (χ1n) is 10.4. The maximum absolute atomic E-state index is 13.8. The highest BCUT2D eigenvalue weighted by Crippen LogP contribution is 2.39. The molecule has 2 aliphatic rings. The number of hydrogen-bond donors (Lipinski definition) is 1. The summed E-state index contributed by atoms with van der Waals surface area (Å²) in [5, 5.41) is 4.36. The van der Waals surface area contributed by atoms with E-state index in [9.17, 15) is 9.18 Å². The number of rotatable bonds is 5. The first-order valence-corrected chi connectivity index (χ1v) is 11.3. The highest BCUT2D eigenvalue weighted by molar-refractivity contribution is 7.16. The number of carbonyl (C=O) groups is 1. The molecule has 2 aliphatic heterocycles. The van der Waals surface area contributed by atoms with E-state index in [4.69, 9.17) is 9.72 Å². The van der Waals surface area contributed by atoms with Gasteiger partial charge in [0.1, 0.15) is 11.6 Å². The fourth-order valence-electron chi connectivity index (χ4n) is 3.97. The quantitative estimate of drug-likeness (QED) is 0.774. The molecule has 0 atom stereocenters. The number of amides is 1. The van der Waals surface area contributed by atoms with E-state index in [1.54, 1.807) is 17.4 Å². The minimum absolute atomic E-state index is 0.276. The van der Waals surface area contributed by atoms with Crippen LogP contribution in [-0.2, 0) is 11.2 Å². The van der Waals surface area contributed by atoms with Gasteiger partial charge in [0.25, 0.3) is 0 Å². The van der Waals surface area contributed by atoms with Gasteiger partial charge < -0.3 is 15.0 Å². The number of fused-ring (bicyclic) bond motifs is 3. The van der Waals surface area contributed by atoms with E-state index in [1.807, 2.05) is 4.90 Å². The van der Waals surface area contributed by atoms with E-state index in [-0.39, 0.29) is 11.7 Å². The Kier molecular flexibility index (Phi) is 6.04. The Labute approximate surface area is 175 Å². The van der Waals surface area contributed by atoms with Crippen molar-refractivity contribution in [2.45, 2.75) is 39.5 Å². The number of nitrogens with zero attached hydrogens (tertiary/aromatic N) is 2. The van der Waals surface area contributed by atoms with Gasteiger partial charge in [0.05, 0.1) is 12.3 Å². The topological polar surface area (TPSA) is 54.5 Å². The molecule has 0 radical (unpaired) electrons. The van der Waals surface area contributed by atoms with Crippen LogP contribution in [0.5, 0.6) is 5.75 Å². The van der Waals surface area contributed by atoms with Gasteiger partial charge in [-0.15, -0.1) is 11.3 Å². The molecule has 1 amide bonds. The average Bonchev–Trinajstić information content (AvgIpc) is 3.03. The zero-order chi connectivity index (χ0) is 20.4. The van der Waals surface area contributed by atoms with Crippen LogP contribution in [0.3, 0.4) is 0 Å². The van der Waals surface area contributed by atoms with Crippen molar-refractivity contribution in [3.63, 3.8) is 0 Å². The van der Waals surface area contributed by atoms with Gasteiger partial charge in [-0.25, -0.2) is 9.37 Å². The lowest BCUT2D eigenvalue weighted by atomic mass is 9.96. The van der Waals surface area contributed by atoms with Gasteiger partial charge in [-0.2, -0.15) is 0 Å². The number of hydrogen-bond acceptors (Lipinski definition) is 5. The Morgan fingerprint density at radius 1 is 1.38 bits per heavy atom. The molecule has 5 nitrogen and oxygen atoms in total. The maximum Gasteiger partial charge on any atom is 0.222 e. The summed E-state index contributed by atoms with van der Waals surface area (Å²) in [4.78, 5) is 20.1. The summed E-state index contributed by atoms with van der Waals surface area (Å²) in [6.07, 6.45) is 3.45. The molecule has 7 heteroatoms. The van der Waals surface area contributed by atoms with Crippen LogP contribution in [0.1, 0.15) is 38.0 Å². The lowest BCUT2D eigenvalue weighted by Crippen LogP contribution is -2.40. The Bertz CT molecular complexity index is 875. The highest BCUT2D eigenvalue weighted by Gasteiger charge is 2.24. The van der Waals surface area contributed by atoms with Crippen molar-refractivity contribution >= 4 is 22.4 Å². The molecule has 0 unspecified atom stereocenters. The Morgan fingerprint density at radius 2 is 2.17 bits per heavy atom. The van der Waals surface area contributed by atoms with Crippen LogP contribution in [0.15, 0.2) is 18.2 Å². The summed E-state index contributed by atoms with van der Waals surface area (Å²) < 4.78 is 19.5. The van der Waals surface area contributed by atoms with E-state index in [0.717, 1.165) is 60.2 Å². The van der Waals surface area contributed by atoms with E-state index in [2.05, 4.69) is 19.2 Å². The van der Waals surface area contributed by atoms with Crippen molar-refractivity contribution in [1.29, 1.82) is 0 Å². The summed E-state index contributed by atoms with van der Waals surface area (Å²) in [5.74, 6) is 1.64. The SMILES string of the molecule is CC(C)CC(=O)N1CCC(CNc2nc3c(s2)CCOc2ccc(F)cc2-3)CC1. The Hall–Kier alpha value is -2.15. The second-order valence-electron chi connectivity index (χ2n) is 8.33. The van der Waals surface area contributed by atoms with E-state index in [1.165, 1.54) is 12.1 Å². The maximum atomic E-state index is 13.8. The van der Waals surface area contributed by atoms with Crippen molar-refractivity contribution in [2.24, 2.45) is 11.8 Å². The number of nitrogens with one attached hydrogen (secondary N) is 1. The molecule has 1 fully saturated rings. The van der Waals surface area contributed by atoms with Crippen LogP contribution in [-0.4, -0.2) is 42.0 Å². The number of ether oxygens (including phenoxy) is 1. The van der Waals surface area contributed by atoms with Crippen LogP contribution in [0.4, 0.5) is 9.52 Å². The monoisotopic (exact) mass is 417 g/mol. The third-order valence-electron chi connectivity index (χ3n) is 5.57. The first-order chi connectivity index (χ1) is 14.0. The Morgan fingerprint density at radius 3 is 2.93 bits per heavy atom. The second-order valence-corrected chi connectivity index (χ2v) is 9.42. The number of piperidine rings is 1. The van der Waals surface area contributed by atoms with Crippen LogP contribution < -0.4 is 10.1 Å². The van der Waals surface area contributed by atoms with Crippen LogP contribution in [0, 0.1) is 17.7 Å². The molecule has 1 saturated heterocycles. The smallest absolute Gasteiger partial charge is 0.222 e. The number of likely N-dealkylation sites (tertiary alicyclic amines) is 1. The summed E-state index contributed by atoms with van der Waals surface area (Å²) in [6.45, 7) is 7.29. The van der Waals surface area contributed by atoms with Crippen molar-refractivity contribution < 1.29 is 13.9 Å². The molecule has 0 aliphatic carbocycles. The lowest BCUT2D eigenvalue weighted by molar-refractivity contribution is -0.133. The Balaban J connectivity index is 1.36. The number of anilines is 1. The third kappa shape index (κ3) is 4.71. The van der Waals surface area contributed by atoms with E-state index < -0.39 is 0 Å². The zero-order valence-electron chi connectivity index (χ0n) is 17.0. The molecule has 29 heavy (non-hydrogen) atoms. The number of benzene rings is 1. The molecule has 156 valence electrons. The zero-order valence-corrected chi connectivity index (χ0v) is 17.9. The number of carbonyl (C=O) groups excluding carboxylic acids is 1. The van der Waals surface area contributed by atoms with Gasteiger partial charge in [0.15, 0.2) is 5.13 Å². The minimum Gasteiger partial charge on any atom is -0.493 e. The molecule has 1 N–H and O–H groups in total. The number of aromatic nitrogens is 1. The molecule has 3 heterocycles.